The quantitative estimate of drug-likeness (QED) is 0.806. The topological polar surface area (TPSA) is 76.2 Å². The van der Waals surface area contributed by atoms with Gasteiger partial charge in [0.2, 0.25) is 0 Å². The molecule has 0 spiro atoms. The molecule has 0 radical (unpaired) electrons. The monoisotopic (exact) mass is 298 g/mol. The van der Waals surface area contributed by atoms with Gasteiger partial charge in [0, 0.05) is 5.92 Å². The number of nitrogens with one attached hydrogen (secondary N) is 1. The molecule has 3 aromatic heterocycles. The zero-order valence-electron chi connectivity index (χ0n) is 12.5. The minimum atomic E-state index is -0.139. The first-order valence-electron chi connectivity index (χ1n) is 7.82. The standard InChI is InChI=1S/C16H18N4O2/c1-2-12-13-16(21)18-14(11-7-8-22-9-11)19-20(13)15(17-12)10-5-3-4-6-10/h7-10H,2-6H2,1H3,(H,18,19,21). The lowest BCUT2D eigenvalue weighted by Crippen LogP contribution is -2.16. The van der Waals surface area contributed by atoms with E-state index in [2.05, 4.69) is 10.1 Å². The van der Waals surface area contributed by atoms with Crippen LogP contribution in [0.2, 0.25) is 0 Å². The van der Waals surface area contributed by atoms with Gasteiger partial charge in [0.05, 0.1) is 17.5 Å². The second-order valence-corrected chi connectivity index (χ2v) is 5.83. The molecule has 0 aromatic carbocycles. The van der Waals surface area contributed by atoms with E-state index in [-0.39, 0.29) is 5.56 Å². The van der Waals surface area contributed by atoms with E-state index in [1.54, 1.807) is 23.1 Å². The fourth-order valence-electron chi connectivity index (χ4n) is 3.32. The van der Waals surface area contributed by atoms with Crippen molar-refractivity contribution in [3.05, 3.63) is 40.5 Å². The number of nitrogens with zero attached hydrogens (tertiary/aromatic N) is 3. The van der Waals surface area contributed by atoms with Crippen LogP contribution in [0.25, 0.3) is 16.9 Å². The number of imidazole rings is 1. The van der Waals surface area contributed by atoms with Crippen molar-refractivity contribution in [3.8, 4) is 11.4 Å². The van der Waals surface area contributed by atoms with E-state index in [0.717, 1.165) is 36.3 Å². The highest BCUT2D eigenvalue weighted by Crippen LogP contribution is 2.34. The lowest BCUT2D eigenvalue weighted by atomic mass is 10.1. The zero-order chi connectivity index (χ0) is 15.1. The lowest BCUT2D eigenvalue weighted by Gasteiger charge is -2.07. The third kappa shape index (κ3) is 1.98. The van der Waals surface area contributed by atoms with Crippen LogP contribution in [0.3, 0.4) is 0 Å². The van der Waals surface area contributed by atoms with E-state index >= 15 is 0 Å². The molecule has 0 amide bonds. The van der Waals surface area contributed by atoms with Crippen LogP contribution in [0.4, 0.5) is 0 Å². The predicted octanol–water partition coefficient (Wildman–Crippen LogP) is 2.90. The fourth-order valence-corrected chi connectivity index (χ4v) is 3.32. The Morgan fingerprint density at radius 3 is 2.91 bits per heavy atom. The van der Waals surface area contributed by atoms with Crippen LogP contribution >= 0.6 is 0 Å². The molecule has 1 saturated carbocycles. The first-order chi connectivity index (χ1) is 10.8. The zero-order valence-corrected chi connectivity index (χ0v) is 12.5. The Morgan fingerprint density at radius 2 is 2.23 bits per heavy atom. The van der Waals surface area contributed by atoms with Gasteiger partial charge >= 0.3 is 0 Å². The van der Waals surface area contributed by atoms with Crippen molar-refractivity contribution in [3.63, 3.8) is 0 Å². The molecule has 0 unspecified atom stereocenters. The average Bonchev–Trinajstić information content (AvgIpc) is 3.26. The van der Waals surface area contributed by atoms with E-state index < -0.39 is 0 Å². The molecule has 0 saturated heterocycles. The lowest BCUT2D eigenvalue weighted by molar-refractivity contribution is 0.567. The second kappa shape index (κ2) is 5.12. The molecular formula is C16H18N4O2. The summed E-state index contributed by atoms with van der Waals surface area (Å²) in [6.45, 7) is 2.02. The number of aryl methyl sites for hydroxylation is 1. The maximum atomic E-state index is 12.5. The van der Waals surface area contributed by atoms with Gasteiger partial charge in [0.25, 0.3) is 5.56 Å². The summed E-state index contributed by atoms with van der Waals surface area (Å²) in [4.78, 5) is 20.1. The highest BCUT2D eigenvalue weighted by molar-refractivity contribution is 5.57. The number of aromatic nitrogens is 4. The van der Waals surface area contributed by atoms with Crippen molar-refractivity contribution in [2.75, 3.05) is 0 Å². The Morgan fingerprint density at radius 1 is 1.41 bits per heavy atom. The number of H-pyrrole nitrogens is 1. The smallest absolute Gasteiger partial charge is 0.277 e. The molecule has 0 aliphatic heterocycles. The van der Waals surface area contributed by atoms with Crippen LogP contribution in [0, 0.1) is 0 Å². The van der Waals surface area contributed by atoms with Gasteiger partial charge < -0.3 is 9.40 Å². The van der Waals surface area contributed by atoms with Crippen LogP contribution < -0.4 is 5.56 Å². The normalized spacial score (nSPS) is 15.9. The minimum absolute atomic E-state index is 0.139. The summed E-state index contributed by atoms with van der Waals surface area (Å²) in [6.07, 6.45) is 8.57. The number of fused-ring (bicyclic) bond motifs is 1. The molecule has 0 atom stereocenters. The van der Waals surface area contributed by atoms with E-state index in [4.69, 9.17) is 9.40 Å². The number of aromatic amines is 1. The van der Waals surface area contributed by atoms with E-state index in [0.29, 0.717) is 17.3 Å². The van der Waals surface area contributed by atoms with E-state index in [1.807, 2.05) is 6.92 Å². The van der Waals surface area contributed by atoms with Crippen LogP contribution in [-0.2, 0) is 6.42 Å². The minimum Gasteiger partial charge on any atom is -0.472 e. The van der Waals surface area contributed by atoms with Gasteiger partial charge in [-0.3, -0.25) is 4.79 Å². The molecule has 114 valence electrons. The Hall–Kier alpha value is -2.37. The molecule has 1 aliphatic rings. The summed E-state index contributed by atoms with van der Waals surface area (Å²) in [5.74, 6) is 1.85. The van der Waals surface area contributed by atoms with E-state index in [9.17, 15) is 4.79 Å². The molecule has 1 N–H and O–H groups in total. The summed E-state index contributed by atoms with van der Waals surface area (Å²) in [5, 5.41) is 4.63. The highest BCUT2D eigenvalue weighted by Gasteiger charge is 2.25. The van der Waals surface area contributed by atoms with Crippen molar-refractivity contribution in [1.29, 1.82) is 0 Å². The molecule has 4 rings (SSSR count). The average molecular weight is 298 g/mol. The number of hydrogen-bond donors (Lipinski definition) is 1. The molecular weight excluding hydrogens is 280 g/mol. The number of rotatable bonds is 3. The van der Waals surface area contributed by atoms with Gasteiger partial charge in [-0.15, -0.1) is 5.10 Å². The fraction of sp³-hybridized carbons (Fsp3) is 0.438. The molecule has 3 heterocycles. The number of hydrogen-bond acceptors (Lipinski definition) is 4. The van der Waals surface area contributed by atoms with Crippen molar-refractivity contribution in [2.45, 2.75) is 44.9 Å². The van der Waals surface area contributed by atoms with Crippen LogP contribution in [-0.4, -0.2) is 19.6 Å². The Kier molecular flexibility index (Phi) is 3.10. The SMILES string of the molecule is CCc1nc(C2CCCC2)n2nc(-c3ccoc3)[nH]c(=O)c12. The summed E-state index contributed by atoms with van der Waals surface area (Å²) < 4.78 is 6.85. The Labute approximate surface area is 127 Å². The molecule has 3 aromatic rings. The molecule has 1 fully saturated rings. The van der Waals surface area contributed by atoms with Gasteiger partial charge in [0.15, 0.2) is 11.3 Å². The first-order valence-corrected chi connectivity index (χ1v) is 7.82. The van der Waals surface area contributed by atoms with Crippen LogP contribution in [0.1, 0.15) is 50.0 Å². The van der Waals surface area contributed by atoms with Crippen molar-refractivity contribution in [2.24, 2.45) is 0 Å². The maximum absolute atomic E-state index is 12.5. The molecule has 1 aliphatic carbocycles. The third-order valence-corrected chi connectivity index (χ3v) is 4.45. The van der Waals surface area contributed by atoms with E-state index in [1.165, 1.54) is 12.8 Å². The van der Waals surface area contributed by atoms with Gasteiger partial charge in [0.1, 0.15) is 12.1 Å². The number of furan rings is 1. The predicted molar refractivity (Wildman–Crippen MR) is 81.9 cm³/mol. The largest absolute Gasteiger partial charge is 0.472 e. The highest BCUT2D eigenvalue weighted by atomic mass is 16.3. The molecule has 6 nitrogen and oxygen atoms in total. The van der Waals surface area contributed by atoms with Gasteiger partial charge in [-0.2, -0.15) is 0 Å². The Balaban J connectivity index is 1.97. The summed E-state index contributed by atoms with van der Waals surface area (Å²) in [7, 11) is 0. The second-order valence-electron chi connectivity index (χ2n) is 5.83. The van der Waals surface area contributed by atoms with Crippen LogP contribution in [0.5, 0.6) is 0 Å². The molecule has 6 heteroatoms. The summed E-state index contributed by atoms with van der Waals surface area (Å²) >= 11 is 0. The first kappa shape index (κ1) is 13.3. The van der Waals surface area contributed by atoms with Crippen LogP contribution in [0.15, 0.2) is 27.8 Å². The Bertz CT molecular complexity index is 854. The molecule has 22 heavy (non-hydrogen) atoms. The summed E-state index contributed by atoms with van der Waals surface area (Å²) in [6, 6.07) is 1.79. The van der Waals surface area contributed by atoms with Gasteiger partial charge in [-0.25, -0.2) is 9.50 Å². The molecule has 0 bridgehead atoms. The van der Waals surface area contributed by atoms with Crippen molar-refractivity contribution < 1.29 is 4.42 Å². The van der Waals surface area contributed by atoms with Crippen molar-refractivity contribution >= 4 is 5.52 Å². The third-order valence-electron chi connectivity index (χ3n) is 4.45. The maximum Gasteiger partial charge on any atom is 0.277 e. The van der Waals surface area contributed by atoms with Gasteiger partial charge in [-0.05, 0) is 25.3 Å². The summed E-state index contributed by atoms with van der Waals surface area (Å²) in [5.41, 5.74) is 2.04. The van der Waals surface area contributed by atoms with Crippen molar-refractivity contribution in [1.82, 2.24) is 19.6 Å². The van der Waals surface area contributed by atoms with Gasteiger partial charge in [-0.1, -0.05) is 19.8 Å².